The van der Waals surface area contributed by atoms with Gasteiger partial charge in [0.2, 0.25) is 100 Å². The molecule has 696 valence electrons. The molecule has 19 N–H and O–H groups in total. The van der Waals surface area contributed by atoms with Crippen molar-refractivity contribution < 1.29 is 102 Å². The van der Waals surface area contributed by atoms with Crippen molar-refractivity contribution in [2.75, 3.05) is 65.5 Å². The molecule has 5 heterocycles. The Morgan fingerprint density at radius 3 is 1.66 bits per heavy atom. The maximum atomic E-state index is 15.6. The van der Waals surface area contributed by atoms with Crippen LogP contribution in [0.15, 0.2) is 84.4 Å². The molecule has 14 atom stereocenters. The fourth-order valence-corrected chi connectivity index (χ4v) is 17.7. The summed E-state index contributed by atoms with van der Waals surface area (Å²) >= 11 is 2.10. The average molecular weight is 1820 g/mol. The molecule has 3 aliphatic heterocycles. The second-order valence-electron chi connectivity index (χ2n) is 33.1. The number of aliphatic hydroxyl groups is 2. The number of hydrogen-bond donors (Lipinski definition) is 16. The Hall–Kier alpha value is -12.1. The van der Waals surface area contributed by atoms with Crippen LogP contribution in [0, 0.1) is 11.8 Å². The first-order chi connectivity index (χ1) is 60.9. The number of ketones is 1. The number of thiophene rings is 1. The maximum absolute atomic E-state index is 15.6. The second-order valence-corrected chi connectivity index (χ2v) is 35.0. The van der Waals surface area contributed by atoms with Gasteiger partial charge in [-0.2, -0.15) is 0 Å². The number of phenols is 1. The van der Waals surface area contributed by atoms with E-state index in [2.05, 4.69) is 52.8 Å². The van der Waals surface area contributed by atoms with Crippen molar-refractivity contribution in [3.05, 3.63) is 101 Å². The largest absolute Gasteiger partial charge is 0.508 e. The number of unbranched alkanes of at least 4 members (excludes halogenated alkanes) is 2. The van der Waals surface area contributed by atoms with Gasteiger partial charge in [0, 0.05) is 87.5 Å². The number of carbonyl (C=O) groups is 18. The first kappa shape index (κ1) is 101. The topological polar surface area (TPSA) is 586 Å². The molecule has 41 heteroatoms. The van der Waals surface area contributed by atoms with Gasteiger partial charge in [0.1, 0.15) is 78.3 Å². The van der Waals surface area contributed by atoms with Crippen LogP contribution in [-0.2, 0) is 106 Å². The minimum atomic E-state index is -1.85. The summed E-state index contributed by atoms with van der Waals surface area (Å²) in [5.41, 5.74) is 18.9. The van der Waals surface area contributed by atoms with E-state index in [0.29, 0.717) is 53.3 Å². The number of H-pyrrole nitrogens is 1. The maximum Gasteiger partial charge on any atom is 0.246 e. The van der Waals surface area contributed by atoms with Gasteiger partial charge in [-0.15, -0.1) is 23.1 Å². The number of aromatic hydroxyl groups is 1. The van der Waals surface area contributed by atoms with Crippen molar-refractivity contribution in [3.63, 3.8) is 0 Å². The minimum Gasteiger partial charge on any atom is -0.508 e. The number of nitrogens with zero attached hydrogens (tertiary/aromatic N) is 5. The highest BCUT2D eigenvalue weighted by atomic mass is 32.2. The molecule has 128 heavy (non-hydrogen) atoms. The fourth-order valence-electron chi connectivity index (χ4n) is 15.9. The number of benzene rings is 3. The van der Waals surface area contributed by atoms with Gasteiger partial charge in [-0.25, -0.2) is 0 Å². The Morgan fingerprint density at radius 2 is 1.05 bits per heavy atom. The number of primary amides is 3. The highest BCUT2D eigenvalue weighted by Crippen LogP contribution is 2.30. The second kappa shape index (κ2) is 48.2. The Morgan fingerprint density at radius 1 is 0.531 bits per heavy atom. The molecule has 17 amide bonds. The number of para-hydroxylation sites is 1. The van der Waals surface area contributed by atoms with Crippen LogP contribution >= 0.6 is 23.1 Å². The van der Waals surface area contributed by atoms with Crippen molar-refractivity contribution in [2.45, 2.75) is 222 Å². The lowest BCUT2D eigenvalue weighted by molar-refractivity contribution is -0.149. The predicted octanol–water partition coefficient (Wildman–Crippen LogP) is -1.44. The molecule has 0 spiro atoms. The zero-order valence-corrected chi connectivity index (χ0v) is 74.8. The molecule has 2 aromatic heterocycles. The van der Waals surface area contributed by atoms with Crippen LogP contribution in [0.5, 0.6) is 5.75 Å². The number of hydrogen-bond acceptors (Lipinski definition) is 23. The van der Waals surface area contributed by atoms with E-state index in [1.165, 1.54) is 68.6 Å². The first-order valence-corrected chi connectivity index (χ1v) is 45.0. The van der Waals surface area contributed by atoms with E-state index in [4.69, 9.17) is 17.2 Å². The number of Topliss-reactive ketones (excluding diaryl/α,β-unsaturated/α-hetero) is 1. The van der Waals surface area contributed by atoms with Gasteiger partial charge in [-0.3, -0.25) is 86.3 Å². The molecule has 39 nitrogen and oxygen atoms in total. The summed E-state index contributed by atoms with van der Waals surface area (Å²) in [5.74, 6) is -20.2. The Labute approximate surface area is 749 Å². The van der Waals surface area contributed by atoms with Crippen molar-refractivity contribution in [1.82, 2.24) is 77.3 Å². The fraction of sp³-hybridized carbons (Fsp3) is 0.540. The van der Waals surface area contributed by atoms with E-state index < -0.39 is 241 Å². The van der Waals surface area contributed by atoms with Gasteiger partial charge in [-0.05, 0) is 110 Å². The van der Waals surface area contributed by atoms with Crippen LogP contribution in [0.25, 0.3) is 21.0 Å². The zero-order valence-electron chi connectivity index (χ0n) is 73.2. The van der Waals surface area contributed by atoms with Crippen molar-refractivity contribution in [3.8, 4) is 5.75 Å². The Balaban J connectivity index is 1.17. The van der Waals surface area contributed by atoms with Gasteiger partial charge >= 0.3 is 0 Å². The molecular weight excluding hydrogens is 1700 g/mol. The SMILES string of the molecule is CCCC[C@H]1C(=O)N(C)[C@@H](CCCC)C(=O)C[C@@H](CO)C(=O)NC(C(=O)NCC(N)=O)CSCC(=O)N[C@@H](Cc2ccc(O)cc2)C(=O)N(C)[C@@H](C)C(=O)N[C@@H](CC(N)=O)C(=O)N2CCC[C@H]2C(=O)N[C@@H](CC(N)=O)C(=O)N[C@@H](CC(C)C)C(=O)N2CCC[C@H]2C(=O)N[C@@H](Cc2c[nH]c3ccccc23)C(=O)N[C@@H](CO)C(=O)N[C@@H](Cc2csc3ccccc23)C(=O)N1C. The van der Waals surface area contributed by atoms with Crippen molar-refractivity contribution in [2.24, 2.45) is 29.0 Å². The number of thioether (sulfide) groups is 1. The molecule has 1 unspecified atom stereocenters. The third kappa shape index (κ3) is 27.7. The first-order valence-electron chi connectivity index (χ1n) is 42.9. The average Bonchev–Trinajstić information content (AvgIpc) is 1.31. The molecule has 3 fully saturated rings. The smallest absolute Gasteiger partial charge is 0.246 e. The van der Waals surface area contributed by atoms with E-state index in [1.54, 1.807) is 55.8 Å². The van der Waals surface area contributed by atoms with Crippen LogP contribution in [0.3, 0.4) is 0 Å². The lowest BCUT2D eigenvalue weighted by Crippen LogP contribution is -2.61. The molecule has 5 aromatic rings. The zero-order chi connectivity index (χ0) is 93.9. The van der Waals surface area contributed by atoms with E-state index in [9.17, 15) is 72.9 Å². The summed E-state index contributed by atoms with van der Waals surface area (Å²) in [4.78, 5) is 268. The van der Waals surface area contributed by atoms with Crippen LogP contribution < -0.4 is 65.1 Å². The third-order valence-electron chi connectivity index (χ3n) is 23.1. The van der Waals surface area contributed by atoms with Crippen LogP contribution in [0.1, 0.15) is 141 Å². The number of phenolic OH excluding ortho intramolecular Hbond substituents is 1. The standard InChI is InChI=1S/C87H120N18O21S2/c1-9-11-22-65-69(109)37-51(42-106)76(115)100-64(77(116)92-41-73(90)112)45-127-46-74(113)93-60(34-49-27-29-53(108)30-28-49)83(122)101(6)48(5)75(114)96-62(39-72(89)111)86(125)105-32-18-25-67(105)82(121)95-58(38-71(88)110)79(118)97-59(33-47(3)4)85(124)104-31-17-24-66(104)81(120)94-57(35-50-40-91-56-21-15-13-19-54(50)56)78(117)99-63(43-107)80(119)98-61(36-52-44-128-70-26-16-14-20-55(52)70)84(123)103(8)68(23-12-10-2)87(126)102(65)7/h13-16,19-21,26-30,40,44,47-48,51,57-68,91,106-108H,9-12,17-18,22-25,31-39,41-43,45-46H2,1-8H3,(H2,88,110)(H2,89,111)(H2,90,112)(H,92,116)(H,93,113)(H,94,120)(H,95,121)(H,96,114)(H,97,118)(H,98,119)(H,99,117)(H,100,115)/t48-,51-,57-,58-,59-,60-,61-,62-,63-,64?,65-,66-,67-,68-/m0/s1. The highest BCUT2D eigenvalue weighted by molar-refractivity contribution is 8.00. The molecule has 3 aliphatic rings. The van der Waals surface area contributed by atoms with Crippen LogP contribution in [0.4, 0.5) is 0 Å². The quantitative estimate of drug-likeness (QED) is 0.0356. The van der Waals surface area contributed by atoms with E-state index >= 15 is 28.8 Å². The van der Waals surface area contributed by atoms with Crippen LogP contribution in [0.2, 0.25) is 0 Å². The van der Waals surface area contributed by atoms with Crippen molar-refractivity contribution >= 4 is 150 Å². The number of carbonyl (C=O) groups excluding carboxylic acids is 18. The number of aliphatic hydroxyl groups excluding tert-OH is 2. The Kier molecular flexibility index (Phi) is 38.1. The number of rotatable bonds is 23. The predicted molar refractivity (Wildman–Crippen MR) is 473 cm³/mol. The number of aromatic amines is 1. The van der Waals surface area contributed by atoms with E-state index in [1.807, 2.05) is 32.0 Å². The molecule has 0 saturated carbocycles. The number of fused-ring (bicyclic) bond motifs is 4. The van der Waals surface area contributed by atoms with Gasteiger partial charge in [0.15, 0.2) is 5.78 Å². The molecule has 3 aromatic carbocycles. The van der Waals surface area contributed by atoms with Crippen LogP contribution in [-0.4, -0.2) is 295 Å². The number of nitrogens with one attached hydrogen (secondary N) is 10. The summed E-state index contributed by atoms with van der Waals surface area (Å²) in [6.45, 7) is 5.42. The summed E-state index contributed by atoms with van der Waals surface area (Å²) in [6, 6.07) is -0.270. The van der Waals surface area contributed by atoms with Gasteiger partial charge < -0.3 is 110 Å². The number of amides is 17. The summed E-state index contributed by atoms with van der Waals surface area (Å²) in [6.07, 6.45) is 0.470. The van der Waals surface area contributed by atoms with E-state index in [-0.39, 0.29) is 89.0 Å². The van der Waals surface area contributed by atoms with Crippen molar-refractivity contribution in [1.29, 1.82) is 0 Å². The number of nitrogens with two attached hydrogens (primary N) is 3. The molecule has 3 saturated heterocycles. The summed E-state index contributed by atoms with van der Waals surface area (Å²) in [5, 5.41) is 58.6. The Bertz CT molecular complexity index is 4850. The third-order valence-corrected chi connectivity index (χ3v) is 25.1. The molecule has 0 bridgehead atoms. The summed E-state index contributed by atoms with van der Waals surface area (Å²) < 4.78 is 0.821. The lowest BCUT2D eigenvalue weighted by atomic mass is 9.93. The normalized spacial score (nSPS) is 25.0. The minimum absolute atomic E-state index is 0.0151. The highest BCUT2D eigenvalue weighted by Gasteiger charge is 2.46. The summed E-state index contributed by atoms with van der Waals surface area (Å²) in [7, 11) is 3.90. The number of aromatic nitrogens is 1. The van der Waals surface area contributed by atoms with E-state index in [0.717, 1.165) is 41.4 Å². The molecular formula is C87H120N18O21S2. The van der Waals surface area contributed by atoms with Gasteiger partial charge in [0.05, 0.1) is 50.3 Å². The number of likely N-dealkylation sites (N-methyl/N-ethyl adjacent to an activating group) is 3. The molecule has 8 rings (SSSR count). The monoisotopic (exact) mass is 1820 g/mol. The van der Waals surface area contributed by atoms with Gasteiger partial charge in [0.25, 0.3) is 0 Å². The molecule has 0 radical (unpaired) electrons. The lowest BCUT2D eigenvalue weighted by Gasteiger charge is -2.36. The van der Waals surface area contributed by atoms with Gasteiger partial charge in [-0.1, -0.05) is 102 Å². The molecule has 0 aliphatic carbocycles.